The van der Waals surface area contributed by atoms with Gasteiger partial charge >= 0.3 is 6.09 Å². The van der Waals surface area contributed by atoms with Crippen LogP contribution in [0, 0.1) is 6.92 Å². The molecule has 134 valence electrons. The summed E-state index contributed by atoms with van der Waals surface area (Å²) < 4.78 is 11.1. The highest BCUT2D eigenvalue weighted by Crippen LogP contribution is 2.12. The van der Waals surface area contributed by atoms with Gasteiger partial charge in [0.2, 0.25) is 5.88 Å². The minimum absolute atomic E-state index is 0.212. The van der Waals surface area contributed by atoms with Crippen LogP contribution in [-0.4, -0.2) is 65.8 Å². The number of piperazine rings is 1. The third-order valence-corrected chi connectivity index (χ3v) is 3.78. The molecule has 2 rings (SSSR count). The Labute approximate surface area is 144 Å². The highest BCUT2D eigenvalue weighted by Gasteiger charge is 2.25. The molecule has 1 saturated heterocycles. The molecule has 1 aromatic rings. The lowest BCUT2D eigenvalue weighted by Crippen LogP contribution is -2.50. The number of amides is 1. The Morgan fingerprint density at radius 3 is 2.50 bits per heavy atom. The molecule has 6 heteroatoms. The number of hydrogen-bond donors (Lipinski definition) is 0. The highest BCUT2D eigenvalue weighted by atomic mass is 16.6. The normalized spacial score (nSPS) is 16.1. The number of pyridine rings is 1. The van der Waals surface area contributed by atoms with E-state index in [4.69, 9.17) is 9.47 Å². The van der Waals surface area contributed by atoms with Gasteiger partial charge in [-0.1, -0.05) is 6.07 Å². The molecule has 0 N–H and O–H groups in total. The van der Waals surface area contributed by atoms with E-state index >= 15 is 0 Å². The fraction of sp³-hybridized carbons (Fsp3) is 0.667. The van der Waals surface area contributed by atoms with E-state index < -0.39 is 5.60 Å². The number of ether oxygens (including phenoxy) is 2. The van der Waals surface area contributed by atoms with E-state index in [-0.39, 0.29) is 6.09 Å². The first-order valence-corrected chi connectivity index (χ1v) is 8.59. The van der Waals surface area contributed by atoms with Crippen molar-refractivity contribution in [1.82, 2.24) is 14.8 Å². The average molecular weight is 335 g/mol. The van der Waals surface area contributed by atoms with Crippen molar-refractivity contribution >= 4 is 6.09 Å². The molecular formula is C18H29N3O3. The van der Waals surface area contributed by atoms with Crippen molar-refractivity contribution in [2.75, 3.05) is 39.3 Å². The van der Waals surface area contributed by atoms with Crippen molar-refractivity contribution in [3.63, 3.8) is 0 Å². The summed E-state index contributed by atoms with van der Waals surface area (Å²) in [6.45, 7) is 12.5. The van der Waals surface area contributed by atoms with Crippen molar-refractivity contribution in [1.29, 1.82) is 0 Å². The number of rotatable bonds is 5. The summed E-state index contributed by atoms with van der Waals surface area (Å²) in [6.07, 6.45) is 2.55. The maximum Gasteiger partial charge on any atom is 0.410 e. The molecule has 6 nitrogen and oxygen atoms in total. The van der Waals surface area contributed by atoms with Crippen molar-refractivity contribution in [2.45, 2.75) is 39.7 Å². The molecule has 0 unspecified atom stereocenters. The molecule has 0 spiro atoms. The second-order valence-corrected chi connectivity index (χ2v) is 7.18. The zero-order valence-corrected chi connectivity index (χ0v) is 15.2. The van der Waals surface area contributed by atoms with Crippen LogP contribution in [0.2, 0.25) is 0 Å². The fourth-order valence-corrected chi connectivity index (χ4v) is 2.49. The van der Waals surface area contributed by atoms with Gasteiger partial charge in [0.1, 0.15) is 5.60 Å². The maximum absolute atomic E-state index is 12.0. The summed E-state index contributed by atoms with van der Waals surface area (Å²) in [5.74, 6) is 0.676. The highest BCUT2D eigenvalue weighted by molar-refractivity contribution is 5.68. The van der Waals surface area contributed by atoms with Gasteiger partial charge in [0, 0.05) is 45.0 Å². The van der Waals surface area contributed by atoms with Crippen LogP contribution in [0.4, 0.5) is 4.79 Å². The van der Waals surface area contributed by atoms with Crippen LogP contribution in [-0.2, 0) is 4.74 Å². The molecule has 1 aliphatic heterocycles. The second kappa shape index (κ2) is 8.33. The van der Waals surface area contributed by atoms with Gasteiger partial charge in [-0.25, -0.2) is 9.78 Å². The zero-order chi connectivity index (χ0) is 17.6. The molecule has 1 fully saturated rings. The molecule has 1 amide bonds. The summed E-state index contributed by atoms with van der Waals surface area (Å²) >= 11 is 0. The Hall–Kier alpha value is -1.82. The van der Waals surface area contributed by atoms with Crippen LogP contribution in [0.1, 0.15) is 32.8 Å². The first-order chi connectivity index (χ1) is 11.3. The van der Waals surface area contributed by atoms with Crippen LogP contribution in [0.25, 0.3) is 0 Å². The molecule has 1 aromatic heterocycles. The predicted octanol–water partition coefficient (Wildman–Crippen LogP) is 2.71. The van der Waals surface area contributed by atoms with Crippen molar-refractivity contribution in [3.05, 3.63) is 23.9 Å². The number of aryl methyl sites for hydroxylation is 1. The molecule has 0 radical (unpaired) electrons. The molecular weight excluding hydrogens is 306 g/mol. The van der Waals surface area contributed by atoms with Crippen LogP contribution >= 0.6 is 0 Å². The Morgan fingerprint density at radius 1 is 1.21 bits per heavy atom. The summed E-state index contributed by atoms with van der Waals surface area (Å²) in [4.78, 5) is 20.4. The number of hydrogen-bond acceptors (Lipinski definition) is 5. The molecule has 0 saturated carbocycles. The molecule has 0 atom stereocenters. The Morgan fingerprint density at radius 2 is 1.92 bits per heavy atom. The first-order valence-electron chi connectivity index (χ1n) is 8.59. The Balaban J connectivity index is 1.61. The standard InChI is InChI=1S/C18H29N3O3/c1-15-6-7-16(19-14-15)23-13-5-8-20-9-11-21(12-10-20)17(22)24-18(2,3)4/h6-7,14H,5,8-13H2,1-4H3. The summed E-state index contributed by atoms with van der Waals surface area (Å²) in [5.41, 5.74) is 0.695. The largest absolute Gasteiger partial charge is 0.478 e. The third-order valence-electron chi connectivity index (χ3n) is 3.78. The Kier molecular flexibility index (Phi) is 6.43. The van der Waals surface area contributed by atoms with Gasteiger partial charge in [-0.3, -0.25) is 4.90 Å². The van der Waals surface area contributed by atoms with Gasteiger partial charge < -0.3 is 14.4 Å². The first kappa shape index (κ1) is 18.5. The SMILES string of the molecule is Cc1ccc(OCCCN2CCN(C(=O)OC(C)(C)C)CC2)nc1. The molecule has 0 aromatic carbocycles. The molecule has 24 heavy (non-hydrogen) atoms. The summed E-state index contributed by atoms with van der Waals surface area (Å²) in [5, 5.41) is 0. The lowest BCUT2D eigenvalue weighted by Gasteiger charge is -2.35. The second-order valence-electron chi connectivity index (χ2n) is 7.18. The minimum Gasteiger partial charge on any atom is -0.478 e. The van der Waals surface area contributed by atoms with Crippen LogP contribution < -0.4 is 4.74 Å². The van der Waals surface area contributed by atoms with E-state index in [0.717, 1.165) is 44.7 Å². The number of aromatic nitrogens is 1. The maximum atomic E-state index is 12.0. The van der Waals surface area contributed by atoms with Gasteiger partial charge in [-0.15, -0.1) is 0 Å². The van der Waals surface area contributed by atoms with Crippen molar-refractivity contribution < 1.29 is 14.3 Å². The van der Waals surface area contributed by atoms with E-state index in [1.807, 2.05) is 46.0 Å². The van der Waals surface area contributed by atoms with Crippen molar-refractivity contribution in [3.8, 4) is 5.88 Å². The van der Waals surface area contributed by atoms with E-state index in [9.17, 15) is 4.79 Å². The van der Waals surface area contributed by atoms with Gasteiger partial charge in [0.25, 0.3) is 0 Å². The Bertz CT molecular complexity index is 517. The molecule has 1 aliphatic rings. The van der Waals surface area contributed by atoms with E-state index in [1.165, 1.54) is 0 Å². The number of carbonyl (C=O) groups excluding carboxylic acids is 1. The van der Waals surface area contributed by atoms with E-state index in [1.54, 1.807) is 4.90 Å². The molecule has 2 heterocycles. The van der Waals surface area contributed by atoms with Gasteiger partial charge in [0.05, 0.1) is 6.61 Å². The number of nitrogens with zero attached hydrogens (tertiary/aromatic N) is 3. The molecule has 0 aliphatic carbocycles. The lowest BCUT2D eigenvalue weighted by atomic mass is 10.2. The van der Waals surface area contributed by atoms with Gasteiger partial charge in [-0.05, 0) is 39.7 Å². The number of carbonyl (C=O) groups is 1. The van der Waals surface area contributed by atoms with Gasteiger partial charge in [-0.2, -0.15) is 0 Å². The van der Waals surface area contributed by atoms with Crippen molar-refractivity contribution in [2.24, 2.45) is 0 Å². The predicted molar refractivity (Wildman–Crippen MR) is 93.3 cm³/mol. The smallest absolute Gasteiger partial charge is 0.410 e. The average Bonchev–Trinajstić information content (AvgIpc) is 2.52. The van der Waals surface area contributed by atoms with E-state index in [2.05, 4.69) is 9.88 Å². The lowest BCUT2D eigenvalue weighted by molar-refractivity contribution is 0.0142. The van der Waals surface area contributed by atoms with Gasteiger partial charge in [0.15, 0.2) is 0 Å². The van der Waals surface area contributed by atoms with Crippen LogP contribution in [0.15, 0.2) is 18.3 Å². The monoisotopic (exact) mass is 335 g/mol. The molecule has 0 bridgehead atoms. The zero-order valence-electron chi connectivity index (χ0n) is 15.2. The van der Waals surface area contributed by atoms with Crippen LogP contribution in [0.3, 0.4) is 0 Å². The topological polar surface area (TPSA) is 54.9 Å². The summed E-state index contributed by atoms with van der Waals surface area (Å²) in [7, 11) is 0. The third kappa shape index (κ3) is 6.35. The summed E-state index contributed by atoms with van der Waals surface area (Å²) in [6, 6.07) is 3.90. The fourth-order valence-electron chi connectivity index (χ4n) is 2.49. The minimum atomic E-state index is -0.435. The van der Waals surface area contributed by atoms with Crippen LogP contribution in [0.5, 0.6) is 5.88 Å². The quantitative estimate of drug-likeness (QED) is 0.775. The van der Waals surface area contributed by atoms with E-state index in [0.29, 0.717) is 12.5 Å².